The zero-order valence-electron chi connectivity index (χ0n) is 12.1. The van der Waals surface area contributed by atoms with Gasteiger partial charge in [-0.25, -0.2) is 0 Å². The van der Waals surface area contributed by atoms with Crippen LogP contribution in [-0.4, -0.2) is 22.5 Å². The average Bonchev–Trinajstić information content (AvgIpc) is 2.37. The minimum absolute atomic E-state index is 0.0239. The molecular formula is C16H20BrNO3. The third-order valence-corrected chi connectivity index (χ3v) is 4.96. The van der Waals surface area contributed by atoms with Crippen molar-refractivity contribution in [1.82, 2.24) is 5.32 Å². The van der Waals surface area contributed by atoms with E-state index in [0.29, 0.717) is 12.8 Å². The lowest BCUT2D eigenvalue weighted by atomic mass is 9.74. The quantitative estimate of drug-likeness (QED) is 0.825. The highest BCUT2D eigenvalue weighted by Crippen LogP contribution is 2.35. The molecule has 1 aromatic carbocycles. The molecule has 21 heavy (non-hydrogen) atoms. The van der Waals surface area contributed by atoms with Crippen LogP contribution < -0.4 is 5.32 Å². The van der Waals surface area contributed by atoms with E-state index in [4.69, 9.17) is 5.11 Å². The van der Waals surface area contributed by atoms with E-state index in [2.05, 4.69) is 27.3 Å². The highest BCUT2D eigenvalue weighted by molar-refractivity contribution is 9.10. The summed E-state index contributed by atoms with van der Waals surface area (Å²) in [6, 6.07) is 6.05. The monoisotopic (exact) mass is 353 g/mol. The second kappa shape index (κ2) is 6.60. The van der Waals surface area contributed by atoms with Crippen molar-refractivity contribution < 1.29 is 14.7 Å². The zero-order chi connectivity index (χ0) is 15.5. The molecule has 1 amide bonds. The van der Waals surface area contributed by atoms with Crippen LogP contribution in [0.4, 0.5) is 0 Å². The summed E-state index contributed by atoms with van der Waals surface area (Å²) in [5.41, 5.74) is 1.76. The number of amides is 1. The molecule has 0 spiro atoms. The number of nitrogens with one attached hydrogen (secondary N) is 1. The molecular weight excluding hydrogens is 334 g/mol. The van der Waals surface area contributed by atoms with Crippen LogP contribution in [0, 0.1) is 6.92 Å². The van der Waals surface area contributed by atoms with Gasteiger partial charge in [0.15, 0.2) is 0 Å². The Morgan fingerprint density at radius 3 is 2.62 bits per heavy atom. The smallest absolute Gasteiger partial charge is 0.305 e. The van der Waals surface area contributed by atoms with Crippen LogP contribution in [0.5, 0.6) is 0 Å². The Morgan fingerprint density at radius 1 is 1.38 bits per heavy atom. The number of halogens is 1. The third kappa shape index (κ3) is 4.30. The molecule has 1 saturated carbocycles. The first-order valence-electron chi connectivity index (χ1n) is 7.18. The van der Waals surface area contributed by atoms with Crippen molar-refractivity contribution in [1.29, 1.82) is 0 Å². The van der Waals surface area contributed by atoms with Crippen LogP contribution in [-0.2, 0) is 16.0 Å². The lowest BCUT2D eigenvalue weighted by molar-refractivity contribution is -0.140. The summed E-state index contributed by atoms with van der Waals surface area (Å²) < 4.78 is 1.06. The molecule has 1 aromatic rings. The molecule has 0 saturated heterocycles. The second-order valence-electron chi connectivity index (χ2n) is 5.84. The average molecular weight is 354 g/mol. The largest absolute Gasteiger partial charge is 0.481 e. The van der Waals surface area contributed by atoms with E-state index < -0.39 is 11.5 Å². The lowest BCUT2D eigenvalue weighted by Crippen LogP contribution is -2.54. The van der Waals surface area contributed by atoms with E-state index >= 15 is 0 Å². The van der Waals surface area contributed by atoms with E-state index in [-0.39, 0.29) is 12.3 Å². The number of aliphatic carboxylic acids is 1. The first-order valence-corrected chi connectivity index (χ1v) is 7.97. The topological polar surface area (TPSA) is 66.4 Å². The summed E-state index contributed by atoms with van der Waals surface area (Å²) >= 11 is 3.45. The Morgan fingerprint density at radius 2 is 2.10 bits per heavy atom. The molecule has 2 N–H and O–H groups in total. The van der Waals surface area contributed by atoms with Crippen molar-refractivity contribution in [3.8, 4) is 0 Å². The van der Waals surface area contributed by atoms with Gasteiger partial charge in [0.1, 0.15) is 0 Å². The van der Waals surface area contributed by atoms with Gasteiger partial charge in [-0.1, -0.05) is 28.1 Å². The number of hydrogen-bond acceptors (Lipinski definition) is 2. The fraction of sp³-hybridized carbons (Fsp3) is 0.500. The number of rotatable bonds is 6. The van der Waals surface area contributed by atoms with E-state index in [1.165, 1.54) is 0 Å². The summed E-state index contributed by atoms with van der Waals surface area (Å²) in [6.45, 7) is 2.02. The van der Waals surface area contributed by atoms with Crippen LogP contribution in [0.15, 0.2) is 22.7 Å². The van der Waals surface area contributed by atoms with Gasteiger partial charge >= 0.3 is 5.97 Å². The molecule has 4 nitrogen and oxygen atoms in total. The molecule has 1 aliphatic carbocycles. The maximum atomic E-state index is 12.0. The van der Waals surface area contributed by atoms with Crippen molar-refractivity contribution in [3.63, 3.8) is 0 Å². The number of carboxylic acids is 1. The predicted octanol–water partition coefficient (Wildman–Crippen LogP) is 3.20. The van der Waals surface area contributed by atoms with Crippen LogP contribution in [0.3, 0.4) is 0 Å². The van der Waals surface area contributed by atoms with Gasteiger partial charge in [0.2, 0.25) is 5.91 Å². The van der Waals surface area contributed by atoms with Gasteiger partial charge in [0, 0.05) is 10.9 Å². The van der Waals surface area contributed by atoms with Crippen LogP contribution >= 0.6 is 15.9 Å². The minimum Gasteiger partial charge on any atom is -0.481 e. The van der Waals surface area contributed by atoms with E-state index in [1.807, 2.05) is 19.1 Å². The molecule has 0 bridgehead atoms. The predicted molar refractivity (Wildman–Crippen MR) is 84.2 cm³/mol. The first-order chi connectivity index (χ1) is 9.90. The second-order valence-corrected chi connectivity index (χ2v) is 6.69. The Kier molecular flexibility index (Phi) is 5.04. The van der Waals surface area contributed by atoms with Crippen molar-refractivity contribution in [2.45, 2.75) is 51.0 Å². The Hall–Kier alpha value is -1.36. The summed E-state index contributed by atoms with van der Waals surface area (Å²) in [5.74, 6) is -0.907. The van der Waals surface area contributed by atoms with Gasteiger partial charge in [-0.3, -0.25) is 9.59 Å². The van der Waals surface area contributed by atoms with E-state index in [0.717, 1.165) is 34.9 Å². The molecule has 0 aromatic heterocycles. The van der Waals surface area contributed by atoms with Crippen LogP contribution in [0.1, 0.15) is 43.2 Å². The van der Waals surface area contributed by atoms with Crippen molar-refractivity contribution in [2.24, 2.45) is 0 Å². The number of aryl methyl sites for hydroxylation is 2. The van der Waals surface area contributed by atoms with E-state index in [1.54, 1.807) is 0 Å². The molecule has 0 atom stereocenters. The van der Waals surface area contributed by atoms with Gasteiger partial charge in [-0.05, 0) is 49.8 Å². The fourth-order valence-corrected chi connectivity index (χ4v) is 2.96. The number of benzene rings is 1. The molecule has 0 unspecified atom stereocenters. The fourth-order valence-electron chi connectivity index (χ4n) is 2.72. The Balaban J connectivity index is 1.86. The molecule has 1 fully saturated rings. The number of carboxylic acid groups (broad SMARTS) is 1. The molecule has 0 aliphatic heterocycles. The molecule has 114 valence electrons. The molecule has 0 heterocycles. The molecule has 5 heteroatoms. The maximum absolute atomic E-state index is 12.0. The van der Waals surface area contributed by atoms with Crippen LogP contribution in [0.25, 0.3) is 0 Å². The Labute approximate surface area is 133 Å². The normalized spacial score (nSPS) is 16.1. The molecule has 1 aliphatic rings. The van der Waals surface area contributed by atoms with Crippen molar-refractivity contribution >= 4 is 27.8 Å². The highest BCUT2D eigenvalue weighted by atomic mass is 79.9. The van der Waals surface area contributed by atoms with Crippen molar-refractivity contribution in [3.05, 3.63) is 33.8 Å². The third-order valence-electron chi connectivity index (χ3n) is 4.07. The van der Waals surface area contributed by atoms with Gasteiger partial charge in [0.05, 0.1) is 12.0 Å². The number of carbonyl (C=O) groups excluding carboxylic acids is 1. The number of hydrogen-bond donors (Lipinski definition) is 2. The van der Waals surface area contributed by atoms with E-state index in [9.17, 15) is 9.59 Å². The maximum Gasteiger partial charge on any atom is 0.305 e. The van der Waals surface area contributed by atoms with Crippen LogP contribution in [0.2, 0.25) is 0 Å². The lowest BCUT2D eigenvalue weighted by Gasteiger charge is -2.41. The highest BCUT2D eigenvalue weighted by Gasteiger charge is 2.40. The zero-order valence-corrected chi connectivity index (χ0v) is 13.7. The van der Waals surface area contributed by atoms with Gasteiger partial charge in [-0.2, -0.15) is 0 Å². The summed E-state index contributed by atoms with van der Waals surface area (Å²) in [5, 5.41) is 11.9. The van der Waals surface area contributed by atoms with Gasteiger partial charge in [0.25, 0.3) is 0 Å². The van der Waals surface area contributed by atoms with Gasteiger partial charge < -0.3 is 10.4 Å². The van der Waals surface area contributed by atoms with Crippen molar-refractivity contribution in [2.75, 3.05) is 0 Å². The Bertz CT molecular complexity index is 552. The summed E-state index contributed by atoms with van der Waals surface area (Å²) in [4.78, 5) is 22.9. The summed E-state index contributed by atoms with van der Waals surface area (Å²) in [6.07, 6.45) is 3.60. The molecule has 2 rings (SSSR count). The SMILES string of the molecule is Cc1cc(CCC(=O)NC2(CC(=O)O)CCC2)ccc1Br. The minimum atomic E-state index is -0.849. The molecule has 0 radical (unpaired) electrons. The first kappa shape index (κ1) is 16.0. The van der Waals surface area contributed by atoms with Gasteiger partial charge in [-0.15, -0.1) is 0 Å². The summed E-state index contributed by atoms with van der Waals surface area (Å²) in [7, 11) is 0. The number of carbonyl (C=O) groups is 2. The standard InChI is InChI=1S/C16H20BrNO3/c1-11-9-12(3-5-13(11)17)4-6-14(19)18-16(7-2-8-16)10-15(20)21/h3,5,9H,2,4,6-8,10H2,1H3,(H,18,19)(H,20,21).